The molecule has 1 unspecified atom stereocenters. The Labute approximate surface area is 107 Å². The Morgan fingerprint density at radius 1 is 1.39 bits per heavy atom. The molecule has 1 aliphatic carbocycles. The standard InChI is InChI=1S/C14H18N2O2/c1-9-11(4-3-5-12(9)17)14(10-6-7-10)13(18-2)8-15-16-14/h3-5,8,10,15-17H,6-7H2,1-2H3. The van der Waals surface area contributed by atoms with Crippen LogP contribution in [0.5, 0.6) is 5.75 Å². The molecule has 2 aliphatic rings. The normalized spacial score (nSPS) is 26.7. The van der Waals surface area contributed by atoms with Crippen molar-refractivity contribution in [2.45, 2.75) is 25.3 Å². The van der Waals surface area contributed by atoms with Gasteiger partial charge in [-0.2, -0.15) is 0 Å². The summed E-state index contributed by atoms with van der Waals surface area (Å²) in [5.41, 5.74) is 8.06. The van der Waals surface area contributed by atoms with Crippen LogP contribution in [0.4, 0.5) is 0 Å². The molecule has 0 aromatic heterocycles. The van der Waals surface area contributed by atoms with E-state index in [0.29, 0.717) is 11.7 Å². The first-order valence-electron chi connectivity index (χ1n) is 6.26. The minimum atomic E-state index is -0.336. The number of rotatable bonds is 3. The third-order valence-electron chi connectivity index (χ3n) is 4.00. The second-order valence-corrected chi connectivity index (χ2v) is 5.01. The molecule has 4 nitrogen and oxygen atoms in total. The van der Waals surface area contributed by atoms with Crippen molar-refractivity contribution in [2.75, 3.05) is 7.11 Å². The lowest BCUT2D eigenvalue weighted by Gasteiger charge is -2.33. The molecule has 0 amide bonds. The highest BCUT2D eigenvalue weighted by Gasteiger charge is 2.53. The van der Waals surface area contributed by atoms with E-state index in [1.54, 1.807) is 13.2 Å². The van der Waals surface area contributed by atoms with Crippen molar-refractivity contribution in [1.29, 1.82) is 0 Å². The van der Waals surface area contributed by atoms with E-state index in [-0.39, 0.29) is 5.54 Å². The zero-order valence-electron chi connectivity index (χ0n) is 10.7. The van der Waals surface area contributed by atoms with Gasteiger partial charge in [0.15, 0.2) is 0 Å². The fourth-order valence-corrected chi connectivity index (χ4v) is 2.90. The van der Waals surface area contributed by atoms with Gasteiger partial charge in [-0.15, -0.1) is 0 Å². The molecule has 0 radical (unpaired) electrons. The van der Waals surface area contributed by atoms with Crippen molar-refractivity contribution in [1.82, 2.24) is 10.9 Å². The van der Waals surface area contributed by atoms with Gasteiger partial charge in [0.25, 0.3) is 0 Å². The van der Waals surface area contributed by atoms with E-state index in [1.807, 2.05) is 19.2 Å². The molecule has 0 bridgehead atoms. The third-order valence-corrected chi connectivity index (χ3v) is 4.00. The van der Waals surface area contributed by atoms with Crippen molar-refractivity contribution >= 4 is 0 Å². The molecule has 1 aliphatic heterocycles. The Morgan fingerprint density at radius 3 is 2.83 bits per heavy atom. The Kier molecular flexibility index (Phi) is 2.48. The van der Waals surface area contributed by atoms with Crippen LogP contribution in [-0.2, 0) is 10.3 Å². The van der Waals surface area contributed by atoms with E-state index in [2.05, 4.69) is 16.9 Å². The van der Waals surface area contributed by atoms with Gasteiger partial charge in [-0.1, -0.05) is 12.1 Å². The van der Waals surface area contributed by atoms with Crippen LogP contribution < -0.4 is 10.9 Å². The molecule has 1 aromatic carbocycles. The van der Waals surface area contributed by atoms with Gasteiger partial charge in [-0.25, -0.2) is 5.43 Å². The Balaban J connectivity index is 2.16. The minimum Gasteiger partial charge on any atom is -0.508 e. The summed E-state index contributed by atoms with van der Waals surface area (Å²) in [4.78, 5) is 0. The molecule has 96 valence electrons. The topological polar surface area (TPSA) is 53.5 Å². The SMILES string of the molecule is COC1=CNNC1(c1cccc(O)c1C)C1CC1. The van der Waals surface area contributed by atoms with Crippen LogP contribution in [0.25, 0.3) is 0 Å². The molecule has 4 heteroatoms. The number of methoxy groups -OCH3 is 1. The van der Waals surface area contributed by atoms with Gasteiger partial charge < -0.3 is 15.3 Å². The van der Waals surface area contributed by atoms with Gasteiger partial charge >= 0.3 is 0 Å². The maximum absolute atomic E-state index is 9.93. The van der Waals surface area contributed by atoms with E-state index in [4.69, 9.17) is 4.74 Å². The Morgan fingerprint density at radius 2 is 2.17 bits per heavy atom. The summed E-state index contributed by atoms with van der Waals surface area (Å²) in [7, 11) is 1.69. The second-order valence-electron chi connectivity index (χ2n) is 5.01. The number of benzene rings is 1. The van der Waals surface area contributed by atoms with Crippen molar-refractivity contribution in [2.24, 2.45) is 5.92 Å². The maximum Gasteiger partial charge on any atom is 0.139 e. The molecular formula is C14H18N2O2. The number of ether oxygens (including phenoxy) is 1. The number of nitrogens with one attached hydrogen (secondary N) is 2. The molecule has 0 saturated heterocycles. The van der Waals surface area contributed by atoms with Crippen molar-refractivity contribution < 1.29 is 9.84 Å². The van der Waals surface area contributed by atoms with E-state index < -0.39 is 0 Å². The maximum atomic E-state index is 9.93. The summed E-state index contributed by atoms with van der Waals surface area (Å²) >= 11 is 0. The van der Waals surface area contributed by atoms with Crippen LogP contribution in [0, 0.1) is 12.8 Å². The summed E-state index contributed by atoms with van der Waals surface area (Å²) in [5.74, 6) is 1.73. The number of hydrogen-bond donors (Lipinski definition) is 3. The molecule has 3 rings (SSSR count). The molecule has 18 heavy (non-hydrogen) atoms. The predicted octanol–water partition coefficient (Wildman–Crippen LogP) is 1.90. The predicted molar refractivity (Wildman–Crippen MR) is 68.6 cm³/mol. The first kappa shape index (κ1) is 11.4. The highest BCUT2D eigenvalue weighted by Crippen LogP contribution is 2.52. The number of aromatic hydroxyl groups is 1. The lowest BCUT2D eigenvalue weighted by Crippen LogP contribution is -2.46. The summed E-state index contributed by atoms with van der Waals surface area (Å²) in [6.07, 6.45) is 4.21. The van der Waals surface area contributed by atoms with Crippen molar-refractivity contribution in [3.8, 4) is 5.75 Å². The monoisotopic (exact) mass is 246 g/mol. The van der Waals surface area contributed by atoms with E-state index in [0.717, 1.165) is 16.9 Å². The minimum absolute atomic E-state index is 0.330. The molecule has 1 saturated carbocycles. The Bertz CT molecular complexity index is 509. The molecule has 1 heterocycles. The average Bonchev–Trinajstić information content (AvgIpc) is 3.14. The van der Waals surface area contributed by atoms with Gasteiger partial charge in [-0.05, 0) is 42.9 Å². The fourth-order valence-electron chi connectivity index (χ4n) is 2.90. The number of phenolic OH excluding ortho intramolecular Hbond substituents is 1. The highest BCUT2D eigenvalue weighted by molar-refractivity contribution is 5.48. The first-order valence-corrected chi connectivity index (χ1v) is 6.26. The number of hydrazine groups is 1. The highest BCUT2D eigenvalue weighted by atomic mass is 16.5. The fraction of sp³-hybridized carbons (Fsp3) is 0.429. The molecule has 3 N–H and O–H groups in total. The van der Waals surface area contributed by atoms with Crippen LogP contribution in [0.2, 0.25) is 0 Å². The van der Waals surface area contributed by atoms with Crippen molar-refractivity contribution in [3.63, 3.8) is 0 Å². The van der Waals surface area contributed by atoms with E-state index in [1.165, 1.54) is 12.8 Å². The van der Waals surface area contributed by atoms with E-state index in [9.17, 15) is 5.11 Å². The van der Waals surface area contributed by atoms with Crippen LogP contribution in [0.1, 0.15) is 24.0 Å². The second kappa shape index (κ2) is 3.92. The number of phenols is 1. The number of hydrogen-bond acceptors (Lipinski definition) is 4. The lowest BCUT2D eigenvalue weighted by molar-refractivity contribution is 0.188. The molecule has 1 aromatic rings. The third kappa shape index (κ3) is 1.42. The van der Waals surface area contributed by atoms with Gasteiger partial charge in [0.05, 0.1) is 13.3 Å². The lowest BCUT2D eigenvalue weighted by atomic mass is 9.81. The smallest absolute Gasteiger partial charge is 0.139 e. The summed E-state index contributed by atoms with van der Waals surface area (Å²) in [6.45, 7) is 1.95. The van der Waals surface area contributed by atoms with Gasteiger partial charge in [0.1, 0.15) is 17.0 Å². The van der Waals surface area contributed by atoms with E-state index >= 15 is 0 Å². The summed E-state index contributed by atoms with van der Waals surface area (Å²) in [5, 5.41) is 9.93. The quantitative estimate of drug-likeness (QED) is 0.762. The van der Waals surface area contributed by atoms with Gasteiger partial charge in [0.2, 0.25) is 0 Å². The molecular weight excluding hydrogens is 228 g/mol. The van der Waals surface area contributed by atoms with Crippen LogP contribution >= 0.6 is 0 Å². The van der Waals surface area contributed by atoms with Gasteiger partial charge in [0, 0.05) is 0 Å². The zero-order valence-corrected chi connectivity index (χ0v) is 10.7. The Hall–Kier alpha value is -1.68. The summed E-state index contributed by atoms with van der Waals surface area (Å²) < 4.78 is 5.53. The van der Waals surface area contributed by atoms with Gasteiger partial charge in [-0.3, -0.25) is 0 Å². The van der Waals surface area contributed by atoms with Crippen LogP contribution in [0.3, 0.4) is 0 Å². The largest absolute Gasteiger partial charge is 0.508 e. The van der Waals surface area contributed by atoms with Crippen molar-refractivity contribution in [3.05, 3.63) is 41.3 Å². The summed E-state index contributed by atoms with van der Waals surface area (Å²) in [6, 6.07) is 5.66. The van der Waals surface area contributed by atoms with Crippen LogP contribution in [-0.4, -0.2) is 12.2 Å². The molecule has 0 spiro atoms. The average molecular weight is 246 g/mol. The van der Waals surface area contributed by atoms with Crippen LogP contribution in [0.15, 0.2) is 30.2 Å². The molecule has 1 atom stereocenters. The first-order chi connectivity index (χ1) is 8.70. The zero-order chi connectivity index (χ0) is 12.8. The molecule has 1 fully saturated rings.